The van der Waals surface area contributed by atoms with E-state index in [9.17, 15) is 22.7 Å². The molecule has 2 aromatic heterocycles. The fourth-order valence-electron chi connectivity index (χ4n) is 2.88. The van der Waals surface area contributed by atoms with Crippen molar-refractivity contribution in [3.63, 3.8) is 0 Å². The number of nitrogen functional groups attached to an aromatic ring is 1. The minimum absolute atomic E-state index is 0.0789. The highest BCUT2D eigenvalue weighted by atomic mass is 32.2. The molecule has 1 fully saturated rings. The van der Waals surface area contributed by atoms with E-state index < -0.39 is 53.5 Å². The van der Waals surface area contributed by atoms with Gasteiger partial charge in [-0.1, -0.05) is 0 Å². The van der Waals surface area contributed by atoms with E-state index in [0.29, 0.717) is 5.75 Å². The molecule has 2 aromatic rings. The van der Waals surface area contributed by atoms with Gasteiger partial charge in [-0.25, -0.2) is 24.1 Å². The normalized spacial score (nSPS) is 25.0. The van der Waals surface area contributed by atoms with Crippen molar-refractivity contribution in [2.45, 2.75) is 37.1 Å². The Morgan fingerprint density at radius 1 is 1.48 bits per heavy atom. The third-order valence-corrected chi connectivity index (χ3v) is 6.08. The minimum Gasteiger partial charge on any atom is -0.387 e. The summed E-state index contributed by atoms with van der Waals surface area (Å²) in [5.74, 6) is -0.295. The summed E-state index contributed by atoms with van der Waals surface area (Å²) in [6.07, 6.45) is -1.91. The summed E-state index contributed by atoms with van der Waals surface area (Å²) in [5.41, 5.74) is 11.7. The van der Waals surface area contributed by atoms with Crippen LogP contribution in [0.5, 0.6) is 0 Å². The number of rotatable bonds is 9. The molecule has 1 amide bonds. The number of aliphatic hydroxyl groups is 1. The molecule has 6 N–H and O–H groups in total. The highest BCUT2D eigenvalue weighted by Crippen LogP contribution is 2.34. The van der Waals surface area contributed by atoms with E-state index in [1.54, 1.807) is 4.72 Å². The maximum atomic E-state index is 14.7. The molecule has 16 heteroatoms. The van der Waals surface area contributed by atoms with Crippen LogP contribution >= 0.6 is 11.8 Å². The molecule has 0 radical (unpaired) electrons. The molecule has 3 heterocycles. The second-order valence-electron chi connectivity index (χ2n) is 6.68. The topological polar surface area (TPSA) is 198 Å². The number of carbonyl (C=O) groups is 1. The first-order valence-electron chi connectivity index (χ1n) is 9.00. The van der Waals surface area contributed by atoms with Crippen molar-refractivity contribution in [3.8, 4) is 0 Å². The van der Waals surface area contributed by atoms with E-state index in [4.69, 9.17) is 16.2 Å². The van der Waals surface area contributed by atoms with E-state index in [1.165, 1.54) is 22.7 Å². The average molecular weight is 480 g/mol. The van der Waals surface area contributed by atoms with Gasteiger partial charge in [0.15, 0.2) is 23.9 Å². The van der Waals surface area contributed by atoms with E-state index in [2.05, 4.69) is 19.1 Å². The number of carbonyl (C=O) groups excluding carboxylic acids is 1. The van der Waals surface area contributed by atoms with Crippen molar-refractivity contribution in [1.29, 1.82) is 0 Å². The first-order valence-corrected chi connectivity index (χ1v) is 11.8. The van der Waals surface area contributed by atoms with Gasteiger partial charge in [0, 0.05) is 0 Å². The van der Waals surface area contributed by atoms with Gasteiger partial charge in [-0.15, -0.1) is 0 Å². The Labute approximate surface area is 181 Å². The summed E-state index contributed by atoms with van der Waals surface area (Å²) in [6.45, 7) is -0.746. The molecule has 172 valence electrons. The van der Waals surface area contributed by atoms with Gasteiger partial charge in [-0.3, -0.25) is 13.5 Å². The lowest BCUT2D eigenvalue weighted by molar-refractivity contribution is -0.120. The zero-order valence-corrected chi connectivity index (χ0v) is 17.9. The number of amides is 1. The summed E-state index contributed by atoms with van der Waals surface area (Å²) in [7, 11) is -4.55. The number of ether oxygens (including phenoxy) is 1. The number of fused-ring (bicyclic) bond motifs is 1. The number of nitrogens with one attached hydrogen (secondary N) is 1. The number of aliphatic hydroxyl groups excluding tert-OH is 1. The Morgan fingerprint density at radius 3 is 2.94 bits per heavy atom. The van der Waals surface area contributed by atoms with Crippen LogP contribution in [0.15, 0.2) is 12.7 Å². The second kappa shape index (κ2) is 9.58. The number of thioether (sulfide) groups is 1. The highest BCUT2D eigenvalue weighted by Gasteiger charge is 2.46. The zero-order valence-electron chi connectivity index (χ0n) is 16.3. The van der Waals surface area contributed by atoms with Crippen LogP contribution in [0.1, 0.15) is 12.6 Å². The molecule has 0 spiro atoms. The Kier molecular flexibility index (Phi) is 7.28. The van der Waals surface area contributed by atoms with Crippen LogP contribution in [-0.4, -0.2) is 82.0 Å². The van der Waals surface area contributed by atoms with Crippen LogP contribution in [0.2, 0.25) is 0 Å². The number of halogens is 1. The molecule has 0 saturated carbocycles. The zero-order chi connectivity index (χ0) is 22.8. The van der Waals surface area contributed by atoms with Crippen molar-refractivity contribution < 1.29 is 31.6 Å². The van der Waals surface area contributed by atoms with Crippen LogP contribution in [0.4, 0.5) is 10.2 Å². The molecular formula is C15H22FN7O6S2. The Balaban J connectivity index is 1.64. The van der Waals surface area contributed by atoms with Gasteiger partial charge in [0.2, 0.25) is 0 Å². The van der Waals surface area contributed by atoms with Crippen molar-refractivity contribution >= 4 is 45.0 Å². The fraction of sp³-hybridized carbons (Fsp3) is 0.600. The number of nitrogens with zero attached hydrogens (tertiary/aromatic N) is 4. The Morgan fingerprint density at radius 2 is 2.23 bits per heavy atom. The van der Waals surface area contributed by atoms with Gasteiger partial charge < -0.3 is 21.3 Å². The van der Waals surface area contributed by atoms with Crippen molar-refractivity contribution in [2.24, 2.45) is 5.73 Å². The van der Waals surface area contributed by atoms with Crippen molar-refractivity contribution in [2.75, 3.05) is 24.3 Å². The summed E-state index contributed by atoms with van der Waals surface area (Å²) in [4.78, 5) is 23.6. The van der Waals surface area contributed by atoms with Crippen molar-refractivity contribution in [3.05, 3.63) is 12.7 Å². The Hall–Kier alpha value is -2.11. The third kappa shape index (κ3) is 5.21. The SMILES string of the molecule is CSCC[C@H](N)C(=O)NS(=O)(=O)OC[C@H]1O[C@@H](n2cnc3c(N)ncnc32)[C@H](F)[C@@H]1O. The molecule has 1 saturated heterocycles. The molecule has 0 bridgehead atoms. The van der Waals surface area contributed by atoms with Gasteiger partial charge in [-0.05, 0) is 18.4 Å². The van der Waals surface area contributed by atoms with E-state index >= 15 is 0 Å². The molecular weight excluding hydrogens is 457 g/mol. The number of imidazole rings is 1. The average Bonchev–Trinajstić information content (AvgIpc) is 3.27. The molecule has 1 aliphatic rings. The second-order valence-corrected chi connectivity index (χ2v) is 9.01. The number of hydrogen-bond donors (Lipinski definition) is 4. The van der Waals surface area contributed by atoms with Gasteiger partial charge >= 0.3 is 10.3 Å². The van der Waals surface area contributed by atoms with Crippen LogP contribution in [0, 0.1) is 0 Å². The molecule has 1 aliphatic heterocycles. The molecule has 0 aromatic carbocycles. The molecule has 13 nitrogen and oxygen atoms in total. The molecule has 0 unspecified atom stereocenters. The minimum atomic E-state index is -4.55. The maximum Gasteiger partial charge on any atom is 0.362 e. The first-order chi connectivity index (χ1) is 14.6. The maximum absolute atomic E-state index is 14.7. The lowest BCUT2D eigenvalue weighted by Crippen LogP contribution is -2.45. The van der Waals surface area contributed by atoms with Crippen LogP contribution in [-0.2, 0) is 24.0 Å². The summed E-state index contributed by atoms with van der Waals surface area (Å²) in [5, 5.41) is 10.1. The summed E-state index contributed by atoms with van der Waals surface area (Å²) >= 11 is 1.45. The third-order valence-electron chi connectivity index (χ3n) is 4.54. The van der Waals surface area contributed by atoms with Gasteiger partial charge in [0.1, 0.15) is 24.1 Å². The number of nitrogens with two attached hydrogens (primary N) is 2. The van der Waals surface area contributed by atoms with Crippen LogP contribution < -0.4 is 16.2 Å². The fourth-order valence-corrected chi connectivity index (χ4v) is 4.14. The molecule has 5 atom stereocenters. The standard InChI is InChI=1S/C15H22FN7O6S2/c1-30-3-2-7(17)14(25)22-31(26,27)28-4-8-11(24)9(16)15(29-8)23-6-21-10-12(18)19-5-20-13(10)23/h5-9,11,15,24H,2-4,17H2,1H3,(H,22,25)(H2,18,19,20)/t7-,8+,9+,11+,15+/m0/s1. The molecule has 0 aliphatic carbocycles. The monoisotopic (exact) mass is 479 g/mol. The quantitative estimate of drug-likeness (QED) is 0.324. The molecule has 31 heavy (non-hydrogen) atoms. The largest absolute Gasteiger partial charge is 0.387 e. The number of anilines is 1. The van der Waals surface area contributed by atoms with Crippen LogP contribution in [0.25, 0.3) is 11.2 Å². The van der Waals surface area contributed by atoms with Crippen molar-refractivity contribution in [1.82, 2.24) is 24.2 Å². The van der Waals surface area contributed by atoms with Gasteiger partial charge in [0.25, 0.3) is 5.91 Å². The highest BCUT2D eigenvalue weighted by molar-refractivity contribution is 7.98. The smallest absolute Gasteiger partial charge is 0.362 e. The summed E-state index contributed by atoms with van der Waals surface area (Å²) in [6, 6.07) is -1.04. The number of hydrogen-bond acceptors (Lipinski definition) is 12. The molecule has 3 rings (SSSR count). The van der Waals surface area contributed by atoms with E-state index in [0.717, 1.165) is 6.33 Å². The first kappa shape index (κ1) is 23.6. The van der Waals surface area contributed by atoms with E-state index in [1.807, 2.05) is 6.26 Å². The lowest BCUT2D eigenvalue weighted by atomic mass is 10.1. The predicted octanol–water partition coefficient (Wildman–Crippen LogP) is -1.54. The van der Waals surface area contributed by atoms with E-state index in [-0.39, 0.29) is 23.4 Å². The van der Waals surface area contributed by atoms with Gasteiger partial charge in [-0.2, -0.15) is 20.2 Å². The lowest BCUT2D eigenvalue weighted by Gasteiger charge is -2.16. The number of alkyl halides is 1. The Bertz CT molecular complexity index is 1040. The summed E-state index contributed by atoms with van der Waals surface area (Å²) < 4.78 is 51.7. The number of aromatic nitrogens is 4. The van der Waals surface area contributed by atoms with Gasteiger partial charge in [0.05, 0.1) is 19.0 Å². The predicted molar refractivity (Wildman–Crippen MR) is 109 cm³/mol. The van der Waals surface area contributed by atoms with Crippen LogP contribution in [0.3, 0.4) is 0 Å².